The van der Waals surface area contributed by atoms with Crippen LogP contribution < -0.4 is 5.32 Å². The van der Waals surface area contributed by atoms with Gasteiger partial charge >= 0.3 is 0 Å². The van der Waals surface area contributed by atoms with Gasteiger partial charge in [-0.1, -0.05) is 6.92 Å². The molecular formula is C9H17NO. The third kappa shape index (κ3) is 1.30. The molecule has 0 bridgehead atoms. The van der Waals surface area contributed by atoms with Crippen LogP contribution in [-0.4, -0.2) is 24.3 Å². The van der Waals surface area contributed by atoms with Crippen molar-refractivity contribution in [3.63, 3.8) is 0 Å². The van der Waals surface area contributed by atoms with Gasteiger partial charge in [0.25, 0.3) is 0 Å². The maximum Gasteiger partial charge on any atom is 0.0586 e. The van der Waals surface area contributed by atoms with Gasteiger partial charge < -0.3 is 10.4 Å². The Kier molecular flexibility index (Phi) is 1.90. The van der Waals surface area contributed by atoms with E-state index in [1.165, 1.54) is 6.42 Å². The summed E-state index contributed by atoms with van der Waals surface area (Å²) in [6.07, 6.45) is 2.30. The van der Waals surface area contributed by atoms with E-state index in [-0.39, 0.29) is 6.10 Å². The van der Waals surface area contributed by atoms with Crippen molar-refractivity contribution in [3.05, 3.63) is 0 Å². The summed E-state index contributed by atoms with van der Waals surface area (Å²) in [7, 11) is 0. The van der Waals surface area contributed by atoms with Crippen molar-refractivity contribution in [2.45, 2.75) is 25.9 Å². The molecule has 64 valence electrons. The molecule has 0 aromatic rings. The highest BCUT2D eigenvalue weighted by Gasteiger charge is 2.37. The molecule has 0 aromatic carbocycles. The van der Waals surface area contributed by atoms with E-state index in [0.717, 1.165) is 31.3 Å². The summed E-state index contributed by atoms with van der Waals surface area (Å²) in [6, 6.07) is 0. The first-order valence-electron chi connectivity index (χ1n) is 4.66. The maximum atomic E-state index is 9.71. The van der Waals surface area contributed by atoms with E-state index < -0.39 is 0 Å². The lowest BCUT2D eigenvalue weighted by Gasteiger charge is -2.33. The number of hydrogen-bond donors (Lipinski definition) is 2. The Morgan fingerprint density at radius 1 is 1.27 bits per heavy atom. The molecule has 2 N–H and O–H groups in total. The second-order valence-corrected chi connectivity index (χ2v) is 4.23. The highest BCUT2D eigenvalue weighted by atomic mass is 16.3. The van der Waals surface area contributed by atoms with Gasteiger partial charge in [-0.25, -0.2) is 0 Å². The van der Waals surface area contributed by atoms with E-state index in [1.807, 2.05) is 0 Å². The summed E-state index contributed by atoms with van der Waals surface area (Å²) >= 11 is 0. The van der Waals surface area contributed by atoms with Gasteiger partial charge in [0, 0.05) is 12.5 Å². The van der Waals surface area contributed by atoms with Gasteiger partial charge in [0.1, 0.15) is 0 Å². The van der Waals surface area contributed by atoms with Crippen molar-refractivity contribution in [1.82, 2.24) is 5.32 Å². The first-order valence-corrected chi connectivity index (χ1v) is 4.66. The average Bonchev–Trinajstić information content (AvgIpc) is 2.34. The Labute approximate surface area is 68.0 Å². The monoisotopic (exact) mass is 155 g/mol. The molecule has 1 aliphatic carbocycles. The zero-order valence-electron chi connectivity index (χ0n) is 7.09. The number of hydrogen-bond acceptors (Lipinski definition) is 2. The summed E-state index contributed by atoms with van der Waals surface area (Å²) in [5.41, 5.74) is 0. The number of aliphatic hydroxyl groups excluding tert-OH is 1. The fraction of sp³-hybridized carbons (Fsp3) is 1.00. The molecule has 2 fully saturated rings. The highest BCUT2D eigenvalue weighted by Crippen LogP contribution is 2.35. The Morgan fingerprint density at radius 3 is 2.91 bits per heavy atom. The zero-order chi connectivity index (χ0) is 7.84. The number of nitrogens with one attached hydrogen (secondary N) is 1. The lowest BCUT2D eigenvalue weighted by Crippen LogP contribution is -2.34. The molecule has 1 aliphatic heterocycles. The summed E-state index contributed by atoms with van der Waals surface area (Å²) < 4.78 is 0. The molecule has 2 rings (SSSR count). The molecule has 2 aliphatic rings. The molecule has 0 aromatic heterocycles. The Balaban J connectivity index is 2.04. The normalized spacial score (nSPS) is 50.7. The van der Waals surface area contributed by atoms with Crippen LogP contribution in [0.5, 0.6) is 0 Å². The van der Waals surface area contributed by atoms with Gasteiger partial charge in [-0.3, -0.25) is 0 Å². The average molecular weight is 155 g/mol. The lowest BCUT2D eigenvalue weighted by molar-refractivity contribution is 0.0336. The van der Waals surface area contributed by atoms with Crippen molar-refractivity contribution in [2.24, 2.45) is 17.8 Å². The van der Waals surface area contributed by atoms with Gasteiger partial charge in [0.2, 0.25) is 0 Å². The minimum absolute atomic E-state index is 0.0289. The van der Waals surface area contributed by atoms with Crippen LogP contribution in [-0.2, 0) is 0 Å². The third-order valence-corrected chi connectivity index (χ3v) is 3.24. The van der Waals surface area contributed by atoms with E-state index in [0.29, 0.717) is 5.92 Å². The second kappa shape index (κ2) is 2.76. The predicted molar refractivity (Wildman–Crippen MR) is 44.3 cm³/mol. The van der Waals surface area contributed by atoms with Gasteiger partial charge in [-0.05, 0) is 31.2 Å². The summed E-state index contributed by atoms with van der Waals surface area (Å²) in [5.74, 6) is 2.05. The van der Waals surface area contributed by atoms with E-state index >= 15 is 0 Å². The third-order valence-electron chi connectivity index (χ3n) is 3.24. The van der Waals surface area contributed by atoms with Gasteiger partial charge in [-0.2, -0.15) is 0 Å². The van der Waals surface area contributed by atoms with Crippen molar-refractivity contribution in [3.8, 4) is 0 Å². The first kappa shape index (κ1) is 7.56. The van der Waals surface area contributed by atoms with Crippen LogP contribution in [0.1, 0.15) is 19.8 Å². The summed E-state index contributed by atoms with van der Waals surface area (Å²) in [5, 5.41) is 13.1. The topological polar surface area (TPSA) is 32.3 Å². The Hall–Kier alpha value is -0.0800. The smallest absolute Gasteiger partial charge is 0.0586 e. The highest BCUT2D eigenvalue weighted by molar-refractivity contribution is 4.91. The quantitative estimate of drug-likeness (QED) is 0.537. The standard InChI is InChI=1S/C9H17NO/c1-6-2-7-4-10-5-8(7)9(11)3-6/h6-11H,2-5H2,1H3. The Bertz CT molecular complexity index is 148. The molecule has 2 nitrogen and oxygen atoms in total. The van der Waals surface area contributed by atoms with Gasteiger partial charge in [0.05, 0.1) is 6.10 Å². The zero-order valence-corrected chi connectivity index (χ0v) is 7.09. The fourth-order valence-corrected chi connectivity index (χ4v) is 2.66. The number of rotatable bonds is 0. The molecule has 0 amide bonds. The minimum atomic E-state index is -0.0289. The van der Waals surface area contributed by atoms with Crippen LogP contribution in [0.15, 0.2) is 0 Å². The van der Waals surface area contributed by atoms with Crippen LogP contribution in [0.25, 0.3) is 0 Å². The molecular weight excluding hydrogens is 138 g/mol. The lowest BCUT2D eigenvalue weighted by atomic mass is 9.75. The maximum absolute atomic E-state index is 9.71. The van der Waals surface area contributed by atoms with Gasteiger partial charge in [0.15, 0.2) is 0 Å². The van der Waals surface area contributed by atoms with Crippen molar-refractivity contribution in [1.29, 1.82) is 0 Å². The minimum Gasteiger partial charge on any atom is -0.393 e. The summed E-state index contributed by atoms with van der Waals surface area (Å²) in [6.45, 7) is 4.42. The summed E-state index contributed by atoms with van der Waals surface area (Å²) in [4.78, 5) is 0. The molecule has 0 spiro atoms. The van der Waals surface area contributed by atoms with E-state index in [1.54, 1.807) is 0 Å². The molecule has 0 radical (unpaired) electrons. The number of aliphatic hydroxyl groups is 1. The van der Waals surface area contributed by atoms with E-state index in [2.05, 4.69) is 12.2 Å². The molecule has 1 saturated carbocycles. The predicted octanol–water partition coefficient (Wildman–Crippen LogP) is 0.613. The first-order chi connectivity index (χ1) is 5.27. The SMILES string of the molecule is CC1CC(O)C2CNCC2C1. The molecule has 2 heteroatoms. The Morgan fingerprint density at radius 2 is 2.09 bits per heavy atom. The molecule has 4 atom stereocenters. The van der Waals surface area contributed by atoms with Crippen molar-refractivity contribution >= 4 is 0 Å². The van der Waals surface area contributed by atoms with Crippen LogP contribution in [0.3, 0.4) is 0 Å². The second-order valence-electron chi connectivity index (χ2n) is 4.23. The fourth-order valence-electron chi connectivity index (χ4n) is 2.66. The molecule has 4 unspecified atom stereocenters. The van der Waals surface area contributed by atoms with Crippen LogP contribution in [0.2, 0.25) is 0 Å². The van der Waals surface area contributed by atoms with Crippen LogP contribution in [0, 0.1) is 17.8 Å². The van der Waals surface area contributed by atoms with Crippen molar-refractivity contribution in [2.75, 3.05) is 13.1 Å². The molecule has 1 heterocycles. The molecule has 11 heavy (non-hydrogen) atoms. The van der Waals surface area contributed by atoms with Crippen molar-refractivity contribution < 1.29 is 5.11 Å². The van der Waals surface area contributed by atoms with Gasteiger partial charge in [-0.15, -0.1) is 0 Å². The van der Waals surface area contributed by atoms with E-state index in [9.17, 15) is 5.11 Å². The largest absolute Gasteiger partial charge is 0.393 e. The van der Waals surface area contributed by atoms with Crippen LogP contribution in [0.4, 0.5) is 0 Å². The van der Waals surface area contributed by atoms with E-state index in [4.69, 9.17) is 0 Å². The molecule has 1 saturated heterocycles. The number of fused-ring (bicyclic) bond motifs is 1. The van der Waals surface area contributed by atoms with Crippen LogP contribution >= 0.6 is 0 Å².